The van der Waals surface area contributed by atoms with E-state index in [1.54, 1.807) is 6.08 Å². The second-order valence-electron chi connectivity index (χ2n) is 20.6. The SMILES string of the molecule is CC/C=C\C/C=C\C/C=C\C/C=C\C/C=C\CC(=O)OC(COC(=O)CCCCCCCCC)COC(=O)CCCCCCCCCCCCCCCCCCCCCCCC/C=C\C/C=C\C/C=C\C/C=C\CC. The number of rotatable bonds is 56. The van der Waals surface area contributed by atoms with Crippen LogP contribution >= 0.6 is 0 Å². The van der Waals surface area contributed by atoms with Crippen LogP contribution in [0.3, 0.4) is 0 Å². The van der Waals surface area contributed by atoms with E-state index in [4.69, 9.17) is 14.2 Å². The molecule has 0 amide bonds. The van der Waals surface area contributed by atoms with Crippen LogP contribution in [-0.2, 0) is 28.6 Å². The van der Waals surface area contributed by atoms with Crippen molar-refractivity contribution in [3.8, 4) is 0 Å². The summed E-state index contributed by atoms with van der Waals surface area (Å²) < 4.78 is 16.7. The van der Waals surface area contributed by atoms with E-state index in [9.17, 15) is 14.4 Å². The summed E-state index contributed by atoms with van der Waals surface area (Å²) in [7, 11) is 0. The van der Waals surface area contributed by atoms with Gasteiger partial charge in [0.15, 0.2) is 6.10 Å². The first-order valence-corrected chi connectivity index (χ1v) is 31.4. The average Bonchev–Trinajstić information content (AvgIpc) is 3.41. The van der Waals surface area contributed by atoms with Gasteiger partial charge in [-0.2, -0.15) is 0 Å². The number of carbonyl (C=O) groups is 3. The summed E-state index contributed by atoms with van der Waals surface area (Å²) >= 11 is 0. The van der Waals surface area contributed by atoms with Crippen molar-refractivity contribution in [1.82, 2.24) is 0 Å². The maximum absolute atomic E-state index is 12.7. The fourth-order valence-corrected chi connectivity index (χ4v) is 8.69. The van der Waals surface area contributed by atoms with Crippen molar-refractivity contribution in [2.45, 2.75) is 297 Å². The molecule has 0 radical (unpaired) electrons. The van der Waals surface area contributed by atoms with Crippen molar-refractivity contribution in [2.75, 3.05) is 13.2 Å². The highest BCUT2D eigenvalue weighted by Gasteiger charge is 2.19. The van der Waals surface area contributed by atoms with Crippen LogP contribution < -0.4 is 0 Å². The molecule has 0 heterocycles. The van der Waals surface area contributed by atoms with Gasteiger partial charge in [0.1, 0.15) is 13.2 Å². The molecule has 428 valence electrons. The van der Waals surface area contributed by atoms with E-state index in [0.29, 0.717) is 12.8 Å². The van der Waals surface area contributed by atoms with Crippen molar-refractivity contribution in [1.29, 1.82) is 0 Å². The molecule has 0 fully saturated rings. The molecule has 0 aromatic rings. The van der Waals surface area contributed by atoms with E-state index in [1.165, 1.54) is 154 Å². The normalized spacial score (nSPS) is 12.8. The summed E-state index contributed by atoms with van der Waals surface area (Å²) in [5.41, 5.74) is 0. The predicted molar refractivity (Wildman–Crippen MR) is 325 cm³/mol. The molecule has 0 bridgehead atoms. The Labute approximate surface area is 463 Å². The zero-order valence-electron chi connectivity index (χ0n) is 49.0. The zero-order chi connectivity index (χ0) is 54.3. The molecule has 6 heteroatoms. The molecule has 0 rings (SSSR count). The molecule has 0 aliphatic carbocycles. The Morgan fingerprint density at radius 1 is 0.293 bits per heavy atom. The molecular formula is C69H116O6. The summed E-state index contributed by atoms with van der Waals surface area (Å²) in [6, 6.07) is 0. The molecule has 0 aliphatic rings. The summed E-state index contributed by atoms with van der Waals surface area (Å²) in [6.07, 6.45) is 86.0. The number of hydrogen-bond acceptors (Lipinski definition) is 6. The summed E-state index contributed by atoms with van der Waals surface area (Å²) in [6.45, 7) is 6.29. The third-order valence-electron chi connectivity index (χ3n) is 13.3. The van der Waals surface area contributed by atoms with E-state index in [1.807, 2.05) is 6.08 Å². The van der Waals surface area contributed by atoms with Gasteiger partial charge in [-0.15, -0.1) is 0 Å². The van der Waals surface area contributed by atoms with Crippen molar-refractivity contribution < 1.29 is 28.6 Å². The quantitative estimate of drug-likeness (QED) is 0.0261. The number of hydrogen-bond donors (Lipinski definition) is 0. The van der Waals surface area contributed by atoms with E-state index in [-0.39, 0.29) is 31.6 Å². The van der Waals surface area contributed by atoms with Crippen molar-refractivity contribution in [2.24, 2.45) is 0 Å². The molecule has 0 saturated carbocycles. The third-order valence-corrected chi connectivity index (χ3v) is 13.3. The Bertz CT molecular complexity index is 1520. The number of ether oxygens (including phenoxy) is 3. The number of esters is 3. The highest BCUT2D eigenvalue weighted by atomic mass is 16.6. The third kappa shape index (κ3) is 60.8. The molecule has 0 N–H and O–H groups in total. The largest absolute Gasteiger partial charge is 0.462 e. The monoisotopic (exact) mass is 1040 g/mol. The number of unbranched alkanes of at least 4 members (excludes halogenated alkanes) is 28. The molecule has 0 spiro atoms. The van der Waals surface area contributed by atoms with E-state index in [0.717, 1.165) is 96.3 Å². The van der Waals surface area contributed by atoms with Gasteiger partial charge < -0.3 is 14.2 Å². The minimum atomic E-state index is -0.828. The Hall–Kier alpha value is -3.93. The van der Waals surface area contributed by atoms with Gasteiger partial charge in [0, 0.05) is 12.8 Å². The lowest BCUT2D eigenvalue weighted by atomic mass is 10.0. The average molecular weight is 1040 g/mol. The van der Waals surface area contributed by atoms with E-state index < -0.39 is 12.1 Å². The van der Waals surface area contributed by atoms with Crippen molar-refractivity contribution in [3.63, 3.8) is 0 Å². The Kier molecular flexibility index (Phi) is 59.3. The fraction of sp³-hybridized carbons (Fsp3) is 0.696. The fourth-order valence-electron chi connectivity index (χ4n) is 8.69. The van der Waals surface area contributed by atoms with E-state index in [2.05, 4.69) is 118 Å². The van der Waals surface area contributed by atoms with Gasteiger partial charge in [0.05, 0.1) is 6.42 Å². The maximum atomic E-state index is 12.7. The minimum absolute atomic E-state index is 0.0979. The van der Waals surface area contributed by atoms with Gasteiger partial charge >= 0.3 is 17.9 Å². The molecule has 75 heavy (non-hydrogen) atoms. The lowest BCUT2D eigenvalue weighted by Gasteiger charge is -2.18. The minimum Gasteiger partial charge on any atom is -0.462 e. The number of carbonyl (C=O) groups excluding carboxylic acids is 3. The molecule has 0 aliphatic heterocycles. The molecule has 0 aromatic heterocycles. The maximum Gasteiger partial charge on any atom is 0.310 e. The second kappa shape index (κ2) is 62.6. The first-order chi connectivity index (χ1) is 37.0. The topological polar surface area (TPSA) is 78.9 Å². The van der Waals surface area contributed by atoms with Crippen LogP contribution in [0.1, 0.15) is 290 Å². The van der Waals surface area contributed by atoms with Crippen molar-refractivity contribution in [3.05, 3.63) is 109 Å². The standard InChI is InChI=1S/C69H116O6/c1-4-7-10-13-16-18-20-22-24-25-26-27-28-29-30-31-32-33-34-35-36-37-38-39-40-41-42-43-45-46-48-50-53-56-59-62-68(71)74-65-66(64-73-67(70)61-58-55-52-15-12-9-6-3)75-69(72)63-60-57-54-51-49-47-44-23-21-19-17-14-11-8-5-2/h7-8,10-11,16-19,22-24,26-27,44,49,51,57,60,66H,4-6,9,12-15,20-21,25,28-43,45-48,50,52-56,58-59,61-65H2,1-3H3/b10-7-,11-8-,18-16-,19-17-,24-22-,27-26-,44-23-,51-49-,60-57-. The van der Waals surface area contributed by atoms with Gasteiger partial charge in [0.25, 0.3) is 0 Å². The Morgan fingerprint density at radius 3 is 0.880 bits per heavy atom. The lowest BCUT2D eigenvalue weighted by molar-refractivity contribution is -0.166. The predicted octanol–water partition coefficient (Wildman–Crippen LogP) is 21.4. The molecule has 0 saturated heterocycles. The van der Waals surface area contributed by atoms with Gasteiger partial charge in [0.2, 0.25) is 0 Å². The number of allylic oxidation sites excluding steroid dienone is 17. The van der Waals surface area contributed by atoms with Crippen LogP contribution in [0.25, 0.3) is 0 Å². The van der Waals surface area contributed by atoms with Crippen LogP contribution in [-0.4, -0.2) is 37.2 Å². The second-order valence-corrected chi connectivity index (χ2v) is 20.6. The Morgan fingerprint density at radius 2 is 0.560 bits per heavy atom. The molecule has 1 unspecified atom stereocenters. The van der Waals surface area contributed by atoms with Gasteiger partial charge in [-0.25, -0.2) is 0 Å². The summed E-state index contributed by atoms with van der Waals surface area (Å²) in [5, 5.41) is 0. The first kappa shape index (κ1) is 71.1. The van der Waals surface area contributed by atoms with Crippen LogP contribution in [0.15, 0.2) is 109 Å². The lowest BCUT2D eigenvalue weighted by Crippen LogP contribution is -2.30. The van der Waals surface area contributed by atoms with Crippen LogP contribution in [0.5, 0.6) is 0 Å². The molecular weight excluding hydrogens is 925 g/mol. The highest BCUT2D eigenvalue weighted by Crippen LogP contribution is 2.17. The van der Waals surface area contributed by atoms with E-state index >= 15 is 0 Å². The highest BCUT2D eigenvalue weighted by molar-refractivity contribution is 5.72. The van der Waals surface area contributed by atoms with Crippen LogP contribution in [0.2, 0.25) is 0 Å². The Balaban J connectivity index is 4.01. The van der Waals surface area contributed by atoms with Gasteiger partial charge in [-0.3, -0.25) is 14.4 Å². The van der Waals surface area contributed by atoms with Gasteiger partial charge in [-0.1, -0.05) is 297 Å². The molecule has 1 atom stereocenters. The van der Waals surface area contributed by atoms with Crippen LogP contribution in [0.4, 0.5) is 0 Å². The molecule has 6 nitrogen and oxygen atoms in total. The summed E-state index contributed by atoms with van der Waals surface area (Å²) in [5.74, 6) is -1.05. The first-order valence-electron chi connectivity index (χ1n) is 31.4. The van der Waals surface area contributed by atoms with Crippen molar-refractivity contribution >= 4 is 17.9 Å². The smallest absolute Gasteiger partial charge is 0.310 e. The molecule has 0 aromatic carbocycles. The van der Waals surface area contributed by atoms with Gasteiger partial charge in [-0.05, 0) is 83.5 Å². The van der Waals surface area contributed by atoms with Crippen LogP contribution in [0, 0.1) is 0 Å². The zero-order valence-corrected chi connectivity index (χ0v) is 49.0. The summed E-state index contributed by atoms with van der Waals surface area (Å²) in [4.78, 5) is 37.9.